The summed E-state index contributed by atoms with van der Waals surface area (Å²) in [5, 5.41) is 2.92. The number of hydrogen-bond donors (Lipinski definition) is 1. The van der Waals surface area contributed by atoms with E-state index in [0.717, 1.165) is 32.6 Å². The predicted octanol–water partition coefficient (Wildman–Crippen LogP) is 5.80. The SMILES string of the molecule is Cc1ccc(CN(C(=O)CN(c2ccccc2F)S(=O)(=O)c2ccc(C)cc2)[C@@H](Cc2ccccc2)C(=O)NC(C)C)cc1. The number of nitrogens with zero attached hydrogens (tertiary/aromatic N) is 2. The van der Waals surface area contributed by atoms with E-state index in [4.69, 9.17) is 0 Å². The number of sulfonamides is 1. The second-order valence-corrected chi connectivity index (χ2v) is 13.0. The van der Waals surface area contributed by atoms with Crippen LogP contribution in [0, 0.1) is 19.7 Å². The second kappa shape index (κ2) is 14.3. The summed E-state index contributed by atoms with van der Waals surface area (Å²) in [6.07, 6.45) is 0.196. The molecular weight excluding hydrogens is 577 g/mol. The molecule has 4 rings (SSSR count). The topological polar surface area (TPSA) is 86.8 Å². The molecule has 1 N–H and O–H groups in total. The lowest BCUT2D eigenvalue weighted by Crippen LogP contribution is -2.54. The van der Waals surface area contributed by atoms with E-state index in [1.807, 2.05) is 82.3 Å². The minimum Gasteiger partial charge on any atom is -0.352 e. The molecule has 4 aromatic rings. The van der Waals surface area contributed by atoms with Crippen molar-refractivity contribution in [3.8, 4) is 0 Å². The summed E-state index contributed by atoms with van der Waals surface area (Å²) in [7, 11) is -4.38. The van der Waals surface area contributed by atoms with Crippen molar-refractivity contribution in [3.05, 3.63) is 131 Å². The molecule has 0 spiro atoms. The quantitative estimate of drug-likeness (QED) is 0.218. The Morgan fingerprint density at radius 2 is 1.34 bits per heavy atom. The number of amides is 2. The first-order chi connectivity index (χ1) is 21.0. The number of nitrogens with one attached hydrogen (secondary N) is 1. The molecule has 0 radical (unpaired) electrons. The average Bonchev–Trinajstić information content (AvgIpc) is 2.99. The molecule has 0 aromatic heterocycles. The van der Waals surface area contributed by atoms with Gasteiger partial charge >= 0.3 is 0 Å². The molecule has 0 aliphatic carbocycles. The van der Waals surface area contributed by atoms with Gasteiger partial charge in [-0.3, -0.25) is 13.9 Å². The van der Waals surface area contributed by atoms with Crippen LogP contribution in [-0.4, -0.2) is 43.8 Å². The van der Waals surface area contributed by atoms with E-state index in [1.165, 1.54) is 35.2 Å². The maximum atomic E-state index is 15.2. The van der Waals surface area contributed by atoms with Gasteiger partial charge in [-0.2, -0.15) is 0 Å². The standard InChI is InChI=1S/C35H38FN3O4S/c1-25(2)37-35(41)33(22-28-10-6-5-7-11-28)38(23-29-18-14-26(3)15-19-29)34(40)24-39(32-13-9-8-12-31(32)36)44(42,43)30-20-16-27(4)17-21-30/h5-21,25,33H,22-24H2,1-4H3,(H,37,41)/t33-/m0/s1. The summed E-state index contributed by atoms with van der Waals surface area (Å²) < 4.78 is 44.0. The lowest BCUT2D eigenvalue weighted by atomic mass is 10.0. The first kappa shape index (κ1) is 32.4. The van der Waals surface area contributed by atoms with Crippen LogP contribution in [0.4, 0.5) is 10.1 Å². The third-order valence-electron chi connectivity index (χ3n) is 7.18. The molecule has 2 amide bonds. The number of benzene rings is 4. The van der Waals surface area contributed by atoms with E-state index < -0.39 is 34.3 Å². The van der Waals surface area contributed by atoms with E-state index in [1.54, 1.807) is 12.1 Å². The summed E-state index contributed by atoms with van der Waals surface area (Å²) >= 11 is 0. The lowest BCUT2D eigenvalue weighted by molar-refractivity contribution is -0.140. The molecular formula is C35H38FN3O4S. The van der Waals surface area contributed by atoms with Crippen LogP contribution in [0.3, 0.4) is 0 Å². The molecule has 1 atom stereocenters. The third kappa shape index (κ3) is 8.11. The number of para-hydroxylation sites is 1. The van der Waals surface area contributed by atoms with Gasteiger partial charge in [-0.15, -0.1) is 0 Å². The second-order valence-electron chi connectivity index (χ2n) is 11.2. The summed E-state index contributed by atoms with van der Waals surface area (Å²) in [4.78, 5) is 29.4. The predicted molar refractivity (Wildman–Crippen MR) is 171 cm³/mol. The van der Waals surface area contributed by atoms with Crippen molar-refractivity contribution < 1.29 is 22.4 Å². The highest BCUT2D eigenvalue weighted by Crippen LogP contribution is 2.27. The molecule has 44 heavy (non-hydrogen) atoms. The number of anilines is 1. The molecule has 0 fully saturated rings. The monoisotopic (exact) mass is 615 g/mol. The van der Waals surface area contributed by atoms with Gasteiger partial charge < -0.3 is 10.2 Å². The highest BCUT2D eigenvalue weighted by molar-refractivity contribution is 7.92. The van der Waals surface area contributed by atoms with Crippen molar-refractivity contribution in [1.82, 2.24) is 10.2 Å². The number of carbonyl (C=O) groups is 2. The van der Waals surface area contributed by atoms with Crippen LogP contribution in [0.2, 0.25) is 0 Å². The molecule has 0 aliphatic rings. The fraction of sp³-hybridized carbons (Fsp3) is 0.257. The number of carbonyl (C=O) groups excluding carboxylic acids is 2. The Kier molecular flexibility index (Phi) is 10.5. The van der Waals surface area contributed by atoms with E-state index in [0.29, 0.717) is 0 Å². The third-order valence-corrected chi connectivity index (χ3v) is 8.96. The fourth-order valence-electron chi connectivity index (χ4n) is 4.83. The maximum Gasteiger partial charge on any atom is 0.264 e. The number of hydrogen-bond acceptors (Lipinski definition) is 4. The zero-order chi connectivity index (χ0) is 31.9. The van der Waals surface area contributed by atoms with Crippen molar-refractivity contribution in [2.24, 2.45) is 0 Å². The molecule has 0 aliphatic heterocycles. The molecule has 9 heteroatoms. The number of rotatable bonds is 12. The van der Waals surface area contributed by atoms with Crippen LogP contribution >= 0.6 is 0 Å². The largest absolute Gasteiger partial charge is 0.352 e. The number of aryl methyl sites for hydroxylation is 2. The Labute approximate surface area is 259 Å². The van der Waals surface area contributed by atoms with Gasteiger partial charge in [-0.05, 0) is 63.1 Å². The van der Waals surface area contributed by atoms with Crippen LogP contribution < -0.4 is 9.62 Å². The van der Waals surface area contributed by atoms with Crippen LogP contribution in [0.1, 0.15) is 36.1 Å². The fourth-order valence-corrected chi connectivity index (χ4v) is 6.25. The highest BCUT2D eigenvalue weighted by Gasteiger charge is 2.35. The normalized spacial score (nSPS) is 12.0. The molecule has 4 aromatic carbocycles. The summed E-state index contributed by atoms with van der Waals surface area (Å²) in [6.45, 7) is 6.76. The summed E-state index contributed by atoms with van der Waals surface area (Å²) in [5.74, 6) is -1.81. The molecule has 0 saturated heterocycles. The van der Waals surface area contributed by atoms with Crippen molar-refractivity contribution in [1.29, 1.82) is 0 Å². The van der Waals surface area contributed by atoms with Crippen molar-refractivity contribution in [3.63, 3.8) is 0 Å². The Hall–Kier alpha value is -4.50. The molecule has 230 valence electrons. The number of halogens is 1. The summed E-state index contributed by atoms with van der Waals surface area (Å²) in [6, 6.07) is 27.3. The van der Waals surface area contributed by atoms with Gasteiger partial charge in [0, 0.05) is 19.0 Å². The van der Waals surface area contributed by atoms with Gasteiger partial charge in [0.15, 0.2) is 0 Å². The minimum absolute atomic E-state index is 0.0395. The van der Waals surface area contributed by atoms with Crippen LogP contribution in [-0.2, 0) is 32.6 Å². The van der Waals surface area contributed by atoms with E-state index in [-0.39, 0.29) is 35.5 Å². The maximum absolute atomic E-state index is 15.2. The Morgan fingerprint density at radius 1 is 0.773 bits per heavy atom. The summed E-state index contributed by atoms with van der Waals surface area (Å²) in [5.41, 5.74) is 3.21. The van der Waals surface area contributed by atoms with Gasteiger partial charge in [0.2, 0.25) is 11.8 Å². The molecule has 0 heterocycles. The molecule has 7 nitrogen and oxygen atoms in total. The molecule has 0 unspecified atom stereocenters. The van der Waals surface area contributed by atoms with Crippen LogP contribution in [0.5, 0.6) is 0 Å². The highest BCUT2D eigenvalue weighted by atomic mass is 32.2. The van der Waals surface area contributed by atoms with Gasteiger partial charge in [-0.1, -0.05) is 90.0 Å². The average molecular weight is 616 g/mol. The van der Waals surface area contributed by atoms with Crippen LogP contribution in [0.25, 0.3) is 0 Å². The van der Waals surface area contributed by atoms with Crippen molar-refractivity contribution in [2.75, 3.05) is 10.8 Å². The Morgan fingerprint density at radius 3 is 1.93 bits per heavy atom. The van der Waals surface area contributed by atoms with E-state index >= 15 is 4.39 Å². The zero-order valence-corrected chi connectivity index (χ0v) is 26.2. The smallest absolute Gasteiger partial charge is 0.264 e. The Balaban J connectivity index is 1.81. The van der Waals surface area contributed by atoms with Crippen molar-refractivity contribution >= 4 is 27.5 Å². The van der Waals surface area contributed by atoms with Gasteiger partial charge in [0.25, 0.3) is 10.0 Å². The molecule has 0 saturated carbocycles. The van der Waals surface area contributed by atoms with E-state index in [9.17, 15) is 18.0 Å². The zero-order valence-electron chi connectivity index (χ0n) is 25.4. The lowest BCUT2D eigenvalue weighted by Gasteiger charge is -2.34. The van der Waals surface area contributed by atoms with Gasteiger partial charge in [0.05, 0.1) is 10.6 Å². The van der Waals surface area contributed by atoms with Gasteiger partial charge in [-0.25, -0.2) is 12.8 Å². The van der Waals surface area contributed by atoms with Crippen molar-refractivity contribution in [2.45, 2.75) is 57.6 Å². The minimum atomic E-state index is -4.38. The van der Waals surface area contributed by atoms with E-state index in [2.05, 4.69) is 5.32 Å². The first-order valence-electron chi connectivity index (χ1n) is 14.5. The first-order valence-corrected chi connectivity index (χ1v) is 15.9. The van der Waals surface area contributed by atoms with Gasteiger partial charge in [0.1, 0.15) is 18.4 Å². The molecule has 0 bridgehead atoms. The van der Waals surface area contributed by atoms with Crippen LogP contribution in [0.15, 0.2) is 108 Å². The Bertz CT molecular complexity index is 1680.